The summed E-state index contributed by atoms with van der Waals surface area (Å²) in [5.41, 5.74) is 0. The Kier molecular flexibility index (Phi) is 8.70. The van der Waals surface area contributed by atoms with Gasteiger partial charge in [0.05, 0.1) is 6.61 Å². The molecule has 19 heteroatoms. The van der Waals surface area contributed by atoms with Crippen LogP contribution in [-0.2, 0) is 14.3 Å². The van der Waals surface area contributed by atoms with Gasteiger partial charge < -0.3 is 10.1 Å². The molecule has 0 spiro atoms. The number of hydrogen-bond acceptors (Lipinski definition) is 3. The van der Waals surface area contributed by atoms with E-state index >= 15 is 0 Å². The van der Waals surface area contributed by atoms with Crippen molar-refractivity contribution < 1.29 is 80.2 Å². The van der Waals surface area contributed by atoms with E-state index in [1.54, 1.807) is 0 Å². The Hall–Kier alpha value is -2.37. The first-order valence-corrected chi connectivity index (χ1v) is 8.24. The molecule has 0 rings (SSSR count). The molecule has 4 nitrogen and oxygen atoms in total. The lowest BCUT2D eigenvalue weighted by molar-refractivity contribution is -0.449. The highest BCUT2D eigenvalue weighted by Gasteiger charge is 2.94. The molecular formula is C15H12F15NO3. The Morgan fingerprint density at radius 3 is 1.50 bits per heavy atom. The van der Waals surface area contributed by atoms with Gasteiger partial charge >= 0.3 is 47.7 Å². The van der Waals surface area contributed by atoms with Crippen LogP contribution in [0.3, 0.4) is 0 Å². The second kappa shape index (κ2) is 9.35. The molecular weight excluding hydrogens is 527 g/mol. The van der Waals surface area contributed by atoms with Crippen LogP contribution in [-0.4, -0.2) is 66.2 Å². The van der Waals surface area contributed by atoms with E-state index in [9.17, 15) is 75.4 Å². The number of alkyl halides is 15. The zero-order valence-corrected chi connectivity index (χ0v) is 16.2. The second-order valence-corrected chi connectivity index (χ2v) is 6.25. The number of rotatable bonds is 11. The van der Waals surface area contributed by atoms with Gasteiger partial charge in [0.25, 0.3) is 5.91 Å². The summed E-state index contributed by atoms with van der Waals surface area (Å²) < 4.78 is 201. The Morgan fingerprint density at radius 1 is 0.765 bits per heavy atom. The van der Waals surface area contributed by atoms with Gasteiger partial charge in [0, 0.05) is 0 Å². The Bertz CT molecular complexity index is 776. The fourth-order valence-corrected chi connectivity index (χ4v) is 1.98. The fourth-order valence-electron chi connectivity index (χ4n) is 1.98. The fraction of sp³-hybridized carbons (Fsp3) is 0.733. The van der Waals surface area contributed by atoms with Crippen molar-refractivity contribution in [1.82, 2.24) is 5.32 Å². The summed E-state index contributed by atoms with van der Waals surface area (Å²) in [6, 6.07) is -2.39. The van der Waals surface area contributed by atoms with E-state index in [2.05, 4.69) is 11.3 Å². The zero-order valence-electron chi connectivity index (χ0n) is 16.2. The molecule has 0 aromatic rings. The third-order valence-corrected chi connectivity index (χ3v) is 3.89. The van der Waals surface area contributed by atoms with Crippen molar-refractivity contribution in [3.05, 3.63) is 12.7 Å². The van der Waals surface area contributed by atoms with Crippen LogP contribution in [0.15, 0.2) is 12.7 Å². The molecule has 0 heterocycles. The van der Waals surface area contributed by atoms with Gasteiger partial charge in [-0.1, -0.05) is 6.08 Å². The highest BCUT2D eigenvalue weighted by atomic mass is 19.4. The van der Waals surface area contributed by atoms with Crippen molar-refractivity contribution in [3.63, 3.8) is 0 Å². The summed E-state index contributed by atoms with van der Waals surface area (Å²) in [6.45, 7) is 3.52. The number of hydrogen-bond donors (Lipinski definition) is 1. The monoisotopic (exact) mass is 539 g/mol. The Balaban J connectivity index is 6.47. The lowest BCUT2D eigenvalue weighted by atomic mass is 9.90. The summed E-state index contributed by atoms with van der Waals surface area (Å²) >= 11 is 0. The predicted molar refractivity (Wildman–Crippen MR) is 79.1 cm³/mol. The average molecular weight is 539 g/mol. The minimum absolute atomic E-state index is 0.526. The van der Waals surface area contributed by atoms with E-state index in [0.29, 0.717) is 11.4 Å². The molecule has 0 aromatic carbocycles. The van der Waals surface area contributed by atoms with Crippen molar-refractivity contribution in [2.45, 2.75) is 61.1 Å². The van der Waals surface area contributed by atoms with Gasteiger partial charge in [0.2, 0.25) is 0 Å². The molecule has 1 atom stereocenters. The first-order chi connectivity index (χ1) is 14.8. The molecule has 0 aliphatic carbocycles. The van der Waals surface area contributed by atoms with Gasteiger partial charge in [-0.3, -0.25) is 4.79 Å². The molecule has 200 valence electrons. The highest BCUT2D eigenvalue weighted by molar-refractivity contribution is 5.89. The minimum atomic E-state index is -8.52. The SMILES string of the molecule is C=CCC(NC(=O)C(F)(F)C(F)(F)C(F)(F)C(F)(F)C(F)(F)C(F)(F)C(F)(F)F)C(=O)OCC. The molecule has 1 amide bonds. The van der Waals surface area contributed by atoms with Crippen molar-refractivity contribution in [2.75, 3.05) is 6.61 Å². The van der Waals surface area contributed by atoms with Crippen LogP contribution in [0.1, 0.15) is 13.3 Å². The van der Waals surface area contributed by atoms with E-state index in [1.165, 1.54) is 0 Å². The highest BCUT2D eigenvalue weighted by Crippen LogP contribution is 2.62. The first-order valence-electron chi connectivity index (χ1n) is 8.24. The number of carbonyl (C=O) groups is 2. The average Bonchev–Trinajstić information content (AvgIpc) is 2.65. The van der Waals surface area contributed by atoms with Crippen molar-refractivity contribution in [3.8, 4) is 0 Å². The molecule has 0 saturated heterocycles. The smallest absolute Gasteiger partial charge is 0.460 e. The minimum Gasteiger partial charge on any atom is -0.464 e. The first kappa shape index (κ1) is 31.6. The second-order valence-electron chi connectivity index (χ2n) is 6.25. The van der Waals surface area contributed by atoms with E-state index in [0.717, 1.165) is 6.92 Å². The molecule has 0 radical (unpaired) electrons. The van der Waals surface area contributed by atoms with Crippen LogP contribution in [0, 0.1) is 0 Å². The molecule has 0 aliphatic rings. The summed E-state index contributed by atoms with van der Waals surface area (Å²) in [5.74, 6) is -54.1. The number of nitrogens with one attached hydrogen (secondary N) is 1. The molecule has 0 saturated carbocycles. The van der Waals surface area contributed by atoms with Crippen molar-refractivity contribution >= 4 is 11.9 Å². The van der Waals surface area contributed by atoms with Gasteiger partial charge in [-0.2, -0.15) is 65.9 Å². The van der Waals surface area contributed by atoms with Gasteiger partial charge in [-0.05, 0) is 13.3 Å². The van der Waals surface area contributed by atoms with Crippen LogP contribution in [0.25, 0.3) is 0 Å². The number of carbonyl (C=O) groups excluding carboxylic acids is 2. The third kappa shape index (κ3) is 4.73. The van der Waals surface area contributed by atoms with Crippen LogP contribution in [0.4, 0.5) is 65.9 Å². The number of halogens is 15. The maximum Gasteiger partial charge on any atom is 0.460 e. The number of ether oxygens (including phenoxy) is 1. The van der Waals surface area contributed by atoms with E-state index in [4.69, 9.17) is 0 Å². The normalized spacial score (nSPS) is 15.5. The summed E-state index contributed by atoms with van der Waals surface area (Å²) in [6.07, 6.45) is -8.00. The van der Waals surface area contributed by atoms with E-state index in [1.807, 2.05) is 0 Å². The molecule has 0 bridgehead atoms. The Labute approximate surface area is 179 Å². The van der Waals surface area contributed by atoms with Gasteiger partial charge in [-0.15, -0.1) is 6.58 Å². The zero-order chi connectivity index (χ0) is 27.8. The van der Waals surface area contributed by atoms with Gasteiger partial charge in [0.1, 0.15) is 6.04 Å². The summed E-state index contributed by atoms with van der Waals surface area (Å²) in [5, 5.41) is 0.657. The van der Waals surface area contributed by atoms with Crippen LogP contribution < -0.4 is 5.32 Å². The number of esters is 1. The maximum atomic E-state index is 13.8. The molecule has 0 fully saturated rings. The lowest BCUT2D eigenvalue weighted by Gasteiger charge is -2.41. The van der Waals surface area contributed by atoms with Gasteiger partial charge in [-0.25, -0.2) is 4.79 Å². The van der Waals surface area contributed by atoms with Crippen molar-refractivity contribution in [1.29, 1.82) is 0 Å². The van der Waals surface area contributed by atoms with E-state index < -0.39 is 72.7 Å². The molecule has 34 heavy (non-hydrogen) atoms. The molecule has 1 unspecified atom stereocenters. The van der Waals surface area contributed by atoms with Crippen LogP contribution in [0.5, 0.6) is 0 Å². The third-order valence-electron chi connectivity index (χ3n) is 3.89. The molecule has 0 aromatic heterocycles. The Morgan fingerprint density at radius 2 is 1.15 bits per heavy atom. The van der Waals surface area contributed by atoms with Crippen LogP contribution in [0.2, 0.25) is 0 Å². The van der Waals surface area contributed by atoms with Crippen LogP contribution >= 0.6 is 0 Å². The maximum absolute atomic E-state index is 13.8. The van der Waals surface area contributed by atoms with Gasteiger partial charge in [0.15, 0.2) is 0 Å². The van der Waals surface area contributed by atoms with E-state index in [-0.39, 0.29) is 0 Å². The topological polar surface area (TPSA) is 55.4 Å². The summed E-state index contributed by atoms with van der Waals surface area (Å²) in [7, 11) is 0. The molecule has 0 aliphatic heterocycles. The summed E-state index contributed by atoms with van der Waals surface area (Å²) in [4.78, 5) is 22.9. The quantitative estimate of drug-likeness (QED) is 0.229. The van der Waals surface area contributed by atoms with Crippen molar-refractivity contribution in [2.24, 2.45) is 0 Å². The largest absolute Gasteiger partial charge is 0.464 e. The molecule has 1 N–H and O–H groups in total. The predicted octanol–water partition coefficient (Wildman–Crippen LogP) is 4.98. The lowest BCUT2D eigenvalue weighted by Crippen LogP contribution is -2.74. The number of amides is 1. The standard InChI is InChI=1S/C15H12F15NO3/c1-3-5-6(7(32)34-4-2)31-8(33)9(16,17)10(18,19)11(20,21)12(22,23)13(24,25)14(26,27)15(28,29)30/h3,6H,1,4-5H2,2H3,(H,31,33).